The van der Waals surface area contributed by atoms with E-state index in [2.05, 4.69) is 46.7 Å². The summed E-state index contributed by atoms with van der Waals surface area (Å²) in [5.74, 6) is 0.645. The maximum Gasteiger partial charge on any atom is 0.0627 e. The van der Waals surface area contributed by atoms with Gasteiger partial charge in [-0.15, -0.1) is 0 Å². The third kappa shape index (κ3) is 2.88. The van der Waals surface area contributed by atoms with Crippen LogP contribution < -0.4 is 0 Å². The topological polar surface area (TPSA) is 17.8 Å². The average Bonchev–Trinajstić information content (AvgIpc) is 2.85. The molecular weight excluding hydrogens is 264 g/mol. The molecule has 0 spiro atoms. The fraction of sp³-hybridized carbons (Fsp3) is 0.769. The lowest BCUT2D eigenvalue weighted by Crippen LogP contribution is -2.11. The molecule has 1 aliphatic carbocycles. The summed E-state index contributed by atoms with van der Waals surface area (Å²) in [5.41, 5.74) is 1.24. The summed E-state index contributed by atoms with van der Waals surface area (Å²) in [7, 11) is 0. The lowest BCUT2D eigenvalue weighted by atomic mass is 10.0. The molecule has 1 heterocycles. The van der Waals surface area contributed by atoms with Gasteiger partial charge < -0.3 is 0 Å². The Kier molecular flexibility index (Phi) is 4.06. The van der Waals surface area contributed by atoms with Crippen molar-refractivity contribution >= 4 is 15.9 Å². The maximum absolute atomic E-state index is 4.71. The zero-order chi connectivity index (χ0) is 11.5. The average molecular weight is 285 g/mol. The SMILES string of the molecule is CC(Br)C(C)Cc1ccn(C2CCCC2)n1. The molecule has 1 aliphatic rings. The summed E-state index contributed by atoms with van der Waals surface area (Å²) >= 11 is 3.64. The number of halogens is 1. The second-order valence-electron chi connectivity index (χ2n) is 5.08. The first-order chi connectivity index (χ1) is 7.66. The molecule has 2 rings (SSSR count). The molecule has 1 saturated carbocycles. The van der Waals surface area contributed by atoms with E-state index in [9.17, 15) is 0 Å². The van der Waals surface area contributed by atoms with Crippen molar-refractivity contribution in [2.24, 2.45) is 5.92 Å². The van der Waals surface area contributed by atoms with Gasteiger partial charge in [0.15, 0.2) is 0 Å². The minimum atomic E-state index is 0.559. The number of nitrogens with zero attached hydrogens (tertiary/aromatic N) is 2. The third-order valence-electron chi connectivity index (χ3n) is 3.68. The van der Waals surface area contributed by atoms with Crippen LogP contribution >= 0.6 is 15.9 Å². The number of rotatable bonds is 4. The van der Waals surface area contributed by atoms with E-state index in [1.165, 1.54) is 31.4 Å². The van der Waals surface area contributed by atoms with Gasteiger partial charge in [0, 0.05) is 11.0 Å². The molecule has 16 heavy (non-hydrogen) atoms. The van der Waals surface area contributed by atoms with Gasteiger partial charge in [0.25, 0.3) is 0 Å². The molecule has 1 aromatic rings. The smallest absolute Gasteiger partial charge is 0.0627 e. The van der Waals surface area contributed by atoms with Gasteiger partial charge in [-0.25, -0.2) is 0 Å². The first-order valence-corrected chi connectivity index (χ1v) is 7.26. The zero-order valence-corrected chi connectivity index (χ0v) is 11.8. The Labute approximate surface area is 107 Å². The molecule has 2 atom stereocenters. The van der Waals surface area contributed by atoms with Crippen LogP contribution in [0.25, 0.3) is 0 Å². The van der Waals surface area contributed by atoms with Gasteiger partial charge in [-0.3, -0.25) is 4.68 Å². The molecule has 2 unspecified atom stereocenters. The Morgan fingerprint density at radius 3 is 2.75 bits per heavy atom. The highest BCUT2D eigenvalue weighted by molar-refractivity contribution is 9.09. The van der Waals surface area contributed by atoms with Crippen molar-refractivity contribution in [2.45, 2.75) is 56.8 Å². The number of hydrogen-bond donors (Lipinski definition) is 0. The number of aromatic nitrogens is 2. The van der Waals surface area contributed by atoms with Crippen molar-refractivity contribution in [2.75, 3.05) is 0 Å². The van der Waals surface area contributed by atoms with Gasteiger partial charge in [0.1, 0.15) is 0 Å². The van der Waals surface area contributed by atoms with Crippen LogP contribution in [0.15, 0.2) is 12.3 Å². The summed E-state index contributed by atoms with van der Waals surface area (Å²) in [4.78, 5) is 0.559. The highest BCUT2D eigenvalue weighted by atomic mass is 79.9. The fourth-order valence-corrected chi connectivity index (χ4v) is 2.54. The van der Waals surface area contributed by atoms with Crippen molar-refractivity contribution in [1.29, 1.82) is 0 Å². The van der Waals surface area contributed by atoms with E-state index in [0.29, 0.717) is 16.8 Å². The molecular formula is C13H21BrN2. The van der Waals surface area contributed by atoms with E-state index >= 15 is 0 Å². The van der Waals surface area contributed by atoms with E-state index in [4.69, 9.17) is 5.10 Å². The zero-order valence-electron chi connectivity index (χ0n) is 10.2. The highest BCUT2D eigenvalue weighted by Crippen LogP contribution is 2.29. The van der Waals surface area contributed by atoms with Crippen molar-refractivity contribution in [3.05, 3.63) is 18.0 Å². The molecule has 0 amide bonds. The van der Waals surface area contributed by atoms with Gasteiger partial charge >= 0.3 is 0 Å². The summed E-state index contributed by atoms with van der Waals surface area (Å²) in [6.07, 6.45) is 8.60. The number of hydrogen-bond acceptors (Lipinski definition) is 1. The minimum Gasteiger partial charge on any atom is -0.269 e. The molecule has 2 nitrogen and oxygen atoms in total. The second kappa shape index (κ2) is 5.35. The van der Waals surface area contributed by atoms with E-state index in [1.54, 1.807) is 0 Å². The van der Waals surface area contributed by atoms with E-state index in [-0.39, 0.29) is 0 Å². The Morgan fingerprint density at radius 2 is 2.12 bits per heavy atom. The Balaban J connectivity index is 1.96. The van der Waals surface area contributed by atoms with Crippen LogP contribution in [-0.2, 0) is 6.42 Å². The monoisotopic (exact) mass is 284 g/mol. The standard InChI is InChI=1S/C13H21BrN2/c1-10(11(2)14)9-12-7-8-16(15-12)13-5-3-4-6-13/h7-8,10-11,13H,3-6,9H2,1-2H3. The van der Waals surface area contributed by atoms with Crippen molar-refractivity contribution in [3.8, 4) is 0 Å². The fourth-order valence-electron chi connectivity index (χ4n) is 2.35. The number of alkyl halides is 1. The molecule has 0 radical (unpaired) electrons. The van der Waals surface area contributed by atoms with Crippen LogP contribution in [0, 0.1) is 5.92 Å². The molecule has 0 aromatic carbocycles. The van der Waals surface area contributed by atoms with Crippen LogP contribution in [0.1, 0.15) is 51.3 Å². The summed E-state index contributed by atoms with van der Waals surface area (Å²) < 4.78 is 2.19. The summed E-state index contributed by atoms with van der Waals surface area (Å²) in [6.45, 7) is 4.48. The molecule has 1 fully saturated rings. The van der Waals surface area contributed by atoms with Crippen LogP contribution in [0.2, 0.25) is 0 Å². The van der Waals surface area contributed by atoms with Crippen LogP contribution in [0.4, 0.5) is 0 Å². The van der Waals surface area contributed by atoms with E-state index in [1.807, 2.05) is 0 Å². The summed E-state index contributed by atoms with van der Waals surface area (Å²) in [6, 6.07) is 2.86. The second-order valence-corrected chi connectivity index (χ2v) is 6.53. The molecule has 90 valence electrons. The molecule has 0 bridgehead atoms. The lowest BCUT2D eigenvalue weighted by molar-refractivity contribution is 0.457. The Morgan fingerprint density at radius 1 is 1.44 bits per heavy atom. The van der Waals surface area contributed by atoms with Crippen LogP contribution in [0.3, 0.4) is 0 Å². The minimum absolute atomic E-state index is 0.559. The third-order valence-corrected chi connectivity index (χ3v) is 4.58. The highest BCUT2D eigenvalue weighted by Gasteiger charge is 2.18. The maximum atomic E-state index is 4.71. The lowest BCUT2D eigenvalue weighted by Gasteiger charge is -2.12. The molecule has 3 heteroatoms. The van der Waals surface area contributed by atoms with Crippen molar-refractivity contribution in [1.82, 2.24) is 9.78 Å². The quantitative estimate of drug-likeness (QED) is 0.766. The van der Waals surface area contributed by atoms with E-state index in [0.717, 1.165) is 6.42 Å². The van der Waals surface area contributed by atoms with Gasteiger partial charge in [0.05, 0.1) is 11.7 Å². The first kappa shape index (κ1) is 12.2. The molecule has 1 aromatic heterocycles. The first-order valence-electron chi connectivity index (χ1n) is 6.35. The summed E-state index contributed by atoms with van der Waals surface area (Å²) in [5, 5.41) is 4.71. The van der Waals surface area contributed by atoms with E-state index < -0.39 is 0 Å². The van der Waals surface area contributed by atoms with Gasteiger partial charge in [-0.1, -0.05) is 42.6 Å². The van der Waals surface area contributed by atoms with Gasteiger partial charge in [0.2, 0.25) is 0 Å². The van der Waals surface area contributed by atoms with Crippen molar-refractivity contribution < 1.29 is 0 Å². The Hall–Kier alpha value is -0.310. The Bertz CT molecular complexity index is 326. The largest absolute Gasteiger partial charge is 0.269 e. The van der Waals surface area contributed by atoms with Crippen molar-refractivity contribution in [3.63, 3.8) is 0 Å². The predicted molar refractivity (Wildman–Crippen MR) is 71.0 cm³/mol. The predicted octanol–water partition coefficient (Wildman–Crippen LogP) is 3.96. The molecule has 0 aliphatic heterocycles. The van der Waals surface area contributed by atoms with Crippen LogP contribution in [-0.4, -0.2) is 14.6 Å². The van der Waals surface area contributed by atoms with Gasteiger partial charge in [-0.05, 0) is 31.2 Å². The normalized spacial score (nSPS) is 21.2. The molecule has 0 saturated heterocycles. The van der Waals surface area contributed by atoms with Gasteiger partial charge in [-0.2, -0.15) is 5.10 Å². The van der Waals surface area contributed by atoms with Crippen LogP contribution in [0.5, 0.6) is 0 Å². The molecule has 0 N–H and O–H groups in total.